The van der Waals surface area contributed by atoms with Crippen molar-refractivity contribution in [1.82, 2.24) is 0 Å². The minimum absolute atomic E-state index is 0.00976. The minimum Gasteiger partial charge on any atom is -0.310 e. The first-order valence-electron chi connectivity index (χ1n) is 30.5. The van der Waals surface area contributed by atoms with E-state index in [0.29, 0.717) is 0 Å². The highest BCUT2D eigenvalue weighted by Gasteiger charge is 2.50. The van der Waals surface area contributed by atoms with Gasteiger partial charge in [-0.25, -0.2) is 0 Å². The van der Waals surface area contributed by atoms with Gasteiger partial charge in [-0.15, -0.1) is 11.3 Å². The van der Waals surface area contributed by atoms with Crippen LogP contribution in [0.25, 0.3) is 10.1 Å². The number of rotatable bonds is 5. The molecule has 0 saturated heterocycles. The normalized spacial score (nSPS) is 21.3. The third kappa shape index (κ3) is 8.20. The maximum Gasteiger partial charge on any atom is 0.249 e. The molecular weight excluding hydrogens is 984 g/mol. The van der Waals surface area contributed by atoms with Gasteiger partial charge in [-0.05, 0) is 227 Å². The Kier molecular flexibility index (Phi) is 11.9. The molecule has 1 aromatic heterocycles. The number of anilines is 6. The number of aryl methyl sites for hydroxylation is 1. The summed E-state index contributed by atoms with van der Waals surface area (Å²) in [4.78, 5) is 5.27. The van der Waals surface area contributed by atoms with Gasteiger partial charge in [0.05, 0.1) is 5.00 Å². The van der Waals surface area contributed by atoms with Crippen LogP contribution >= 0.6 is 11.3 Å². The zero-order valence-corrected chi connectivity index (χ0v) is 52.3. The molecule has 8 aromatic rings. The number of thiophene rings is 1. The van der Waals surface area contributed by atoms with Gasteiger partial charge in [-0.1, -0.05) is 189 Å². The van der Waals surface area contributed by atoms with Crippen molar-refractivity contribution in [3.05, 3.63) is 195 Å². The number of benzene rings is 7. The van der Waals surface area contributed by atoms with E-state index in [2.05, 4.69) is 261 Å². The Hall–Kier alpha value is -5.84. The van der Waals surface area contributed by atoms with Gasteiger partial charge in [-0.2, -0.15) is 0 Å². The Balaban J connectivity index is 1.22. The lowest BCUT2D eigenvalue weighted by Crippen LogP contribution is -2.58. The quantitative estimate of drug-likeness (QED) is 0.159. The average Bonchev–Trinajstić information content (AvgIpc) is 3.94. The summed E-state index contributed by atoms with van der Waals surface area (Å²) in [7, 11) is 0. The lowest BCUT2D eigenvalue weighted by Gasteiger charge is -2.44. The van der Waals surface area contributed by atoms with Crippen LogP contribution in [-0.4, -0.2) is 6.71 Å². The molecule has 3 aliphatic carbocycles. The summed E-state index contributed by atoms with van der Waals surface area (Å²) in [6.45, 7) is 42.3. The molecule has 410 valence electrons. The SMILES string of the molecule is Cc1cc2c(cc1C1c3cc4c(cc3B3c5c(cc(N(c6ccccc6)c6ccccc6)cc5N(c5ccc(C(C)(C)C)cc5)c5sc6cc7c(cc6c53)C(C)(C)CCC7(C)C)C1C)C(C)(C)CCC4(C)C)C(C)(C)CCC2(C)C. The molecule has 3 heterocycles. The Bertz CT molecular complexity index is 3760. The van der Waals surface area contributed by atoms with Gasteiger partial charge < -0.3 is 9.80 Å². The summed E-state index contributed by atoms with van der Waals surface area (Å²) in [5.41, 5.74) is 27.4. The number of para-hydroxylation sites is 2. The first-order chi connectivity index (χ1) is 37.6. The maximum absolute atomic E-state index is 2.82. The molecule has 2 atom stereocenters. The molecule has 0 N–H and O–H groups in total. The van der Waals surface area contributed by atoms with Crippen molar-refractivity contribution in [2.45, 2.75) is 206 Å². The number of nitrogens with zero attached hydrogens (tertiary/aromatic N) is 2. The highest BCUT2D eigenvalue weighted by Crippen LogP contribution is 2.56. The second-order valence-electron chi connectivity index (χ2n) is 30.6. The van der Waals surface area contributed by atoms with Crippen molar-refractivity contribution in [2.75, 3.05) is 9.80 Å². The number of hydrogen-bond acceptors (Lipinski definition) is 3. The molecule has 80 heavy (non-hydrogen) atoms. The summed E-state index contributed by atoms with van der Waals surface area (Å²) >= 11 is 2.04. The third-order valence-electron chi connectivity index (χ3n) is 21.4. The van der Waals surface area contributed by atoms with Crippen LogP contribution in [0.2, 0.25) is 0 Å². The molecule has 2 unspecified atom stereocenters. The summed E-state index contributed by atoms with van der Waals surface area (Å²) < 4.78 is 1.41. The summed E-state index contributed by atoms with van der Waals surface area (Å²) in [6.07, 6.45) is 7.12. The molecule has 0 saturated carbocycles. The van der Waals surface area contributed by atoms with E-state index in [9.17, 15) is 0 Å². The van der Waals surface area contributed by atoms with Crippen molar-refractivity contribution in [3.8, 4) is 0 Å². The van der Waals surface area contributed by atoms with Gasteiger partial charge in [0.2, 0.25) is 6.71 Å². The fourth-order valence-electron chi connectivity index (χ4n) is 15.9. The van der Waals surface area contributed by atoms with Crippen LogP contribution in [0.5, 0.6) is 0 Å². The molecule has 7 aromatic carbocycles. The molecule has 2 aliphatic heterocycles. The predicted molar refractivity (Wildman–Crippen MR) is 348 cm³/mol. The van der Waals surface area contributed by atoms with Crippen molar-refractivity contribution < 1.29 is 0 Å². The molecule has 0 radical (unpaired) electrons. The van der Waals surface area contributed by atoms with Gasteiger partial charge in [0.15, 0.2) is 0 Å². The predicted octanol–water partition coefficient (Wildman–Crippen LogP) is 19.6. The molecule has 0 bridgehead atoms. The van der Waals surface area contributed by atoms with Crippen LogP contribution < -0.4 is 26.2 Å². The monoisotopic (exact) mass is 1070 g/mol. The zero-order valence-electron chi connectivity index (χ0n) is 51.5. The van der Waals surface area contributed by atoms with E-state index in [1.54, 1.807) is 22.3 Å². The Labute approximate surface area is 485 Å². The third-order valence-corrected chi connectivity index (χ3v) is 22.6. The van der Waals surface area contributed by atoms with Crippen LogP contribution in [0.4, 0.5) is 33.4 Å². The minimum atomic E-state index is -0.00976. The van der Waals surface area contributed by atoms with Crippen molar-refractivity contribution in [1.29, 1.82) is 0 Å². The molecular formula is C76H87BN2S. The van der Waals surface area contributed by atoms with Crippen LogP contribution in [0.1, 0.15) is 222 Å². The average molecular weight is 1070 g/mol. The lowest BCUT2D eigenvalue weighted by molar-refractivity contribution is 0.330. The maximum atomic E-state index is 2.82. The zero-order chi connectivity index (χ0) is 56.6. The van der Waals surface area contributed by atoms with Crippen molar-refractivity contribution in [3.63, 3.8) is 0 Å². The second kappa shape index (κ2) is 17.8. The van der Waals surface area contributed by atoms with E-state index >= 15 is 0 Å². The van der Waals surface area contributed by atoms with Crippen LogP contribution in [0, 0.1) is 6.92 Å². The van der Waals surface area contributed by atoms with Gasteiger partial charge in [0, 0.05) is 39.1 Å². The van der Waals surface area contributed by atoms with Crippen molar-refractivity contribution in [2.24, 2.45) is 0 Å². The van der Waals surface area contributed by atoms with E-state index in [-0.39, 0.29) is 56.5 Å². The van der Waals surface area contributed by atoms with Gasteiger partial charge >= 0.3 is 0 Å². The first-order valence-corrected chi connectivity index (χ1v) is 31.3. The van der Waals surface area contributed by atoms with Crippen molar-refractivity contribution >= 4 is 78.0 Å². The number of hydrogen-bond donors (Lipinski definition) is 0. The second-order valence-corrected chi connectivity index (χ2v) is 31.6. The van der Waals surface area contributed by atoms with E-state index in [1.807, 2.05) is 11.3 Å². The summed E-state index contributed by atoms with van der Waals surface area (Å²) in [6, 6.07) is 53.7. The van der Waals surface area contributed by atoms with E-state index in [0.717, 1.165) is 11.4 Å². The van der Waals surface area contributed by atoms with Gasteiger partial charge in [0.25, 0.3) is 0 Å². The fourth-order valence-corrected chi connectivity index (χ4v) is 17.2. The Morgan fingerprint density at radius 1 is 0.487 bits per heavy atom. The topological polar surface area (TPSA) is 6.48 Å². The molecule has 0 amide bonds. The highest BCUT2D eigenvalue weighted by molar-refractivity contribution is 7.26. The number of fused-ring (bicyclic) bond motifs is 9. The molecule has 4 heteroatoms. The Morgan fingerprint density at radius 2 is 0.950 bits per heavy atom. The molecule has 0 fully saturated rings. The van der Waals surface area contributed by atoms with E-state index in [4.69, 9.17) is 0 Å². The van der Waals surface area contributed by atoms with Crippen LogP contribution in [0.15, 0.2) is 133 Å². The van der Waals surface area contributed by atoms with E-state index < -0.39 is 0 Å². The first kappa shape index (κ1) is 53.5. The standard InChI is InChI=1S/C76H87BN2S/c1-46-38-57-58(72(8,9)33-32-71(57,6)7)41-53(46)66-47(2)54-39-52(78(49-24-20-18-21-25-49)50-26-22-19-23-27-50)40-64-67(54)77(63-44-61-59(42-55(63)66)73(10,11)34-36-75(61,14)15)68-56-43-60-62(76(16,17)37-35-74(60,12)13)45-65(56)80-69(68)79(64)51-30-28-48(29-31-51)70(3,4)5/h18-31,38-45,47,66H,32-37H2,1-17H3. The van der Waals surface area contributed by atoms with Crippen LogP contribution in [0.3, 0.4) is 0 Å². The van der Waals surface area contributed by atoms with Gasteiger partial charge in [-0.3, -0.25) is 0 Å². The van der Waals surface area contributed by atoms with E-state index in [1.165, 1.54) is 126 Å². The summed E-state index contributed by atoms with van der Waals surface area (Å²) in [5, 5.41) is 2.80. The van der Waals surface area contributed by atoms with Gasteiger partial charge in [0.1, 0.15) is 0 Å². The smallest absolute Gasteiger partial charge is 0.249 e. The largest absolute Gasteiger partial charge is 0.310 e. The fraction of sp³-hybridized carbons (Fsp3) is 0.421. The summed E-state index contributed by atoms with van der Waals surface area (Å²) in [5.74, 6) is 0.202. The molecule has 5 aliphatic rings. The molecule has 13 rings (SSSR count). The lowest BCUT2D eigenvalue weighted by atomic mass is 9.34. The highest BCUT2D eigenvalue weighted by atomic mass is 32.1. The molecule has 0 spiro atoms. The van der Waals surface area contributed by atoms with Crippen LogP contribution in [-0.2, 0) is 37.9 Å². The molecule has 2 nitrogen and oxygen atoms in total. The Morgan fingerprint density at radius 3 is 1.46 bits per heavy atom.